The van der Waals surface area contributed by atoms with Crippen molar-refractivity contribution in [2.24, 2.45) is 10.8 Å². The number of anilines is 6. The van der Waals surface area contributed by atoms with Crippen LogP contribution < -0.4 is 9.80 Å². The monoisotopic (exact) mass is 1230 g/mol. The normalized spacial score (nSPS) is 17.7. The lowest BCUT2D eigenvalue weighted by Crippen LogP contribution is -2.44. The fourth-order valence-corrected chi connectivity index (χ4v) is 17.4. The molecule has 0 saturated carbocycles. The lowest BCUT2D eigenvalue weighted by molar-refractivity contribution is -0.0994. The Kier molecular flexibility index (Phi) is 15.2. The fraction of sp³-hybridized carbons (Fsp3) is 0.163. The van der Waals surface area contributed by atoms with Gasteiger partial charge in [-0.1, -0.05) is 220 Å². The summed E-state index contributed by atoms with van der Waals surface area (Å²) in [6.07, 6.45) is 2.27. The molecular formula is C86H72N2O2S2. The van der Waals surface area contributed by atoms with Crippen LogP contribution in [-0.4, -0.2) is 37.9 Å². The number of hydrogen-bond donors (Lipinski definition) is 0. The summed E-state index contributed by atoms with van der Waals surface area (Å²) in [5.74, 6) is 2.13. The van der Waals surface area contributed by atoms with Crippen molar-refractivity contribution < 1.29 is 9.47 Å². The van der Waals surface area contributed by atoms with Gasteiger partial charge in [-0.3, -0.25) is 0 Å². The molecule has 2 heterocycles. The zero-order chi connectivity index (χ0) is 61.7. The predicted molar refractivity (Wildman–Crippen MR) is 384 cm³/mol. The predicted octanol–water partition coefficient (Wildman–Crippen LogP) is 22.1. The maximum absolute atomic E-state index is 5.70. The Hall–Kier alpha value is -9.14. The summed E-state index contributed by atoms with van der Waals surface area (Å²) in [5, 5.41) is 0. The zero-order valence-corrected chi connectivity index (χ0v) is 53.7. The molecule has 4 aliphatic rings. The van der Waals surface area contributed by atoms with Crippen LogP contribution in [-0.2, 0) is 20.3 Å². The van der Waals surface area contributed by atoms with E-state index in [1.54, 1.807) is 0 Å². The summed E-state index contributed by atoms with van der Waals surface area (Å²) in [6.45, 7) is 8.01. The minimum absolute atomic E-state index is 0.272. The first-order valence-electron chi connectivity index (χ1n) is 32.5. The van der Waals surface area contributed by atoms with Gasteiger partial charge in [0.05, 0.1) is 37.3 Å². The van der Waals surface area contributed by atoms with Gasteiger partial charge in [0, 0.05) is 66.3 Å². The van der Waals surface area contributed by atoms with Gasteiger partial charge in [0.15, 0.2) is 0 Å². The third-order valence-corrected chi connectivity index (χ3v) is 23.1. The molecule has 2 saturated heterocycles. The lowest BCUT2D eigenvalue weighted by Gasteiger charge is -2.40. The molecule has 92 heavy (non-hydrogen) atoms. The van der Waals surface area contributed by atoms with Gasteiger partial charge in [0.2, 0.25) is 0 Å². The first kappa shape index (κ1) is 58.0. The second-order valence-corrected chi connectivity index (χ2v) is 27.6. The van der Waals surface area contributed by atoms with Gasteiger partial charge in [0.25, 0.3) is 0 Å². The molecule has 2 fully saturated rings. The van der Waals surface area contributed by atoms with E-state index in [9.17, 15) is 0 Å². The number of ether oxygens (including phenoxy) is 2. The smallest absolute Gasteiger partial charge is 0.0714 e. The maximum atomic E-state index is 5.70. The second kappa shape index (κ2) is 24.2. The summed E-state index contributed by atoms with van der Waals surface area (Å²) in [6, 6.07) is 114. The van der Waals surface area contributed by atoms with Crippen LogP contribution in [0.2, 0.25) is 0 Å². The van der Waals surface area contributed by atoms with Crippen LogP contribution in [0.3, 0.4) is 0 Å². The van der Waals surface area contributed by atoms with Crippen LogP contribution in [0.1, 0.15) is 71.2 Å². The van der Waals surface area contributed by atoms with Gasteiger partial charge < -0.3 is 19.3 Å². The molecule has 0 amide bonds. The third-order valence-electron chi connectivity index (χ3n) is 20.4. The van der Waals surface area contributed by atoms with Crippen molar-refractivity contribution in [3.63, 3.8) is 0 Å². The Morgan fingerprint density at radius 2 is 0.598 bits per heavy atom. The van der Waals surface area contributed by atoms with E-state index in [0.717, 1.165) is 96.0 Å². The molecule has 2 aliphatic carbocycles. The number of nitrogens with zero attached hydrogens (tertiary/aromatic N) is 2. The molecule has 450 valence electrons. The van der Waals surface area contributed by atoms with Gasteiger partial charge in [-0.15, -0.1) is 23.5 Å². The lowest BCUT2D eigenvalue weighted by atomic mass is 9.67. The molecule has 0 radical (unpaired) electrons. The van der Waals surface area contributed by atoms with Gasteiger partial charge in [-0.2, -0.15) is 0 Å². The van der Waals surface area contributed by atoms with E-state index in [-0.39, 0.29) is 10.8 Å². The Morgan fingerprint density at radius 1 is 0.293 bits per heavy atom. The molecule has 0 spiro atoms. The molecule has 12 aromatic rings. The molecule has 4 nitrogen and oxygen atoms in total. The van der Waals surface area contributed by atoms with Crippen molar-refractivity contribution in [1.29, 1.82) is 0 Å². The molecule has 0 aromatic heterocycles. The molecule has 2 atom stereocenters. The van der Waals surface area contributed by atoms with Crippen molar-refractivity contribution >= 4 is 57.6 Å². The van der Waals surface area contributed by atoms with Crippen molar-refractivity contribution in [2.45, 2.75) is 47.3 Å². The quantitative estimate of drug-likeness (QED) is 0.0749. The highest BCUT2D eigenvalue weighted by molar-refractivity contribution is 7.99. The summed E-state index contributed by atoms with van der Waals surface area (Å²) >= 11 is 3.92. The van der Waals surface area contributed by atoms with E-state index in [1.165, 1.54) is 76.6 Å². The van der Waals surface area contributed by atoms with Crippen LogP contribution in [0.25, 0.3) is 33.4 Å². The average molecular weight is 1230 g/mol. The van der Waals surface area contributed by atoms with Crippen LogP contribution in [0.4, 0.5) is 34.1 Å². The topological polar surface area (TPSA) is 24.9 Å². The molecule has 16 rings (SSSR count). The first-order valence-corrected chi connectivity index (χ1v) is 34.5. The largest absolute Gasteiger partial charge is 0.380 e. The molecule has 2 aliphatic heterocycles. The molecule has 12 aromatic carbocycles. The van der Waals surface area contributed by atoms with Gasteiger partial charge in [0.1, 0.15) is 0 Å². The van der Waals surface area contributed by atoms with Crippen LogP contribution in [0.5, 0.6) is 0 Å². The highest BCUT2D eigenvalue weighted by Crippen LogP contribution is 2.60. The maximum Gasteiger partial charge on any atom is 0.0714 e. The van der Waals surface area contributed by atoms with Crippen LogP contribution >= 0.6 is 23.5 Å². The van der Waals surface area contributed by atoms with E-state index in [0.29, 0.717) is 0 Å². The van der Waals surface area contributed by atoms with E-state index in [2.05, 4.69) is 327 Å². The van der Waals surface area contributed by atoms with E-state index >= 15 is 0 Å². The number of hydrogen-bond acceptors (Lipinski definition) is 6. The number of rotatable bonds is 19. The zero-order valence-electron chi connectivity index (χ0n) is 52.1. The minimum Gasteiger partial charge on any atom is -0.380 e. The van der Waals surface area contributed by atoms with Crippen molar-refractivity contribution in [2.75, 3.05) is 47.7 Å². The highest BCUT2D eigenvalue weighted by atomic mass is 32.2. The van der Waals surface area contributed by atoms with Gasteiger partial charge in [-0.05, 0) is 188 Å². The van der Waals surface area contributed by atoms with Crippen LogP contribution in [0.15, 0.2) is 313 Å². The molecule has 2 unspecified atom stereocenters. The third kappa shape index (κ3) is 9.85. The van der Waals surface area contributed by atoms with E-state index < -0.39 is 10.8 Å². The summed E-state index contributed by atoms with van der Waals surface area (Å²) < 4.78 is 11.4. The summed E-state index contributed by atoms with van der Waals surface area (Å²) in [5.41, 5.74) is 23.6. The van der Waals surface area contributed by atoms with Crippen LogP contribution in [0, 0.1) is 10.8 Å². The van der Waals surface area contributed by atoms with Crippen molar-refractivity contribution in [1.82, 2.24) is 0 Å². The first-order chi connectivity index (χ1) is 45.4. The average Bonchev–Trinajstić information content (AvgIpc) is 1.53. The Morgan fingerprint density at radius 3 is 0.946 bits per heavy atom. The summed E-state index contributed by atoms with van der Waals surface area (Å²) in [4.78, 5) is 7.42. The molecular weight excluding hydrogens is 1160 g/mol. The number of para-hydroxylation sites is 2. The Bertz CT molecular complexity index is 4280. The van der Waals surface area contributed by atoms with E-state index in [4.69, 9.17) is 9.47 Å². The van der Waals surface area contributed by atoms with Gasteiger partial charge >= 0.3 is 0 Å². The van der Waals surface area contributed by atoms with Crippen molar-refractivity contribution in [3.8, 4) is 33.4 Å². The SMILES string of the molecule is CCC1(CSc2ccc(C3(c4ccccc4)c4ccccc4-c4ccc(N(c5ccccc5)c5ccc(-c6ccc(N(c7ccccc7)c7ccc8c(c7)C(c7ccccc7)(c7ccc(SCC9(CC)COC9)cc7)c7ccccc7-8)cc6)cc5)cc43)cc2)COC1. The molecule has 6 heteroatoms. The fourth-order valence-electron chi connectivity index (χ4n) is 15.1. The number of fused-ring (bicyclic) bond motifs is 6. The second-order valence-electron chi connectivity index (χ2n) is 25.5. The molecule has 0 bridgehead atoms. The van der Waals surface area contributed by atoms with E-state index in [1.807, 2.05) is 23.5 Å². The standard InChI is InChI=1S/C86H72N2O2S2/c1-3-83(55-89-56-83)59-91-73-47-37-65(38-48-73)85(63-21-9-5-10-22-63)79-31-19-17-29-75(79)77-51-45-71(53-81(77)85)87(67-25-13-7-14-26-67)69-41-33-61(34-42-69)62-35-43-70(44-36-62)88(68-27-15-8-16-28-68)72-46-52-78-76-30-18-20-32-80(76)86(82(78)54-72,64-23-11-6-12-24-64)66-39-49-74(50-40-66)92-60-84(4-2)57-90-58-84/h5-54H,3-4,55-60H2,1-2H3. The summed E-state index contributed by atoms with van der Waals surface area (Å²) in [7, 11) is 0. The minimum atomic E-state index is -0.553. The number of benzene rings is 12. The van der Waals surface area contributed by atoms with Crippen molar-refractivity contribution in [3.05, 3.63) is 348 Å². The number of thioether (sulfide) groups is 2. The van der Waals surface area contributed by atoms with Gasteiger partial charge in [-0.25, -0.2) is 0 Å². The Labute approximate surface area is 550 Å². The molecule has 0 N–H and O–H groups in total. The highest BCUT2D eigenvalue weighted by Gasteiger charge is 2.48. The Balaban J connectivity index is 0.745.